The zero-order valence-corrected chi connectivity index (χ0v) is 13.2. The lowest BCUT2D eigenvalue weighted by molar-refractivity contribution is 0.120. The van der Waals surface area contributed by atoms with E-state index in [1.54, 1.807) is 6.20 Å². The maximum Gasteiger partial charge on any atom is 0.244 e. The summed E-state index contributed by atoms with van der Waals surface area (Å²) in [7, 11) is 0. The summed E-state index contributed by atoms with van der Waals surface area (Å²) in [5.74, 6) is 1.88. The van der Waals surface area contributed by atoms with Gasteiger partial charge >= 0.3 is 0 Å². The minimum absolute atomic E-state index is 0.230. The van der Waals surface area contributed by atoms with E-state index < -0.39 is 0 Å². The molecular formula is C16H21N5O2. The normalized spacial score (nSPS) is 17.0. The van der Waals surface area contributed by atoms with E-state index in [4.69, 9.17) is 9.47 Å². The monoisotopic (exact) mass is 315 g/mol. The third-order valence-electron chi connectivity index (χ3n) is 3.52. The van der Waals surface area contributed by atoms with Gasteiger partial charge in [-0.3, -0.25) is 0 Å². The van der Waals surface area contributed by atoms with Crippen LogP contribution >= 0.6 is 0 Å². The van der Waals surface area contributed by atoms with Gasteiger partial charge in [0.2, 0.25) is 5.95 Å². The standard InChI is InChI=1S/C16H21N5O2/c1-2-22-14-8-4-3-7-13(14)19-15-11-18-21-16(20-15)17-10-12-6-5-9-23-12/h3-4,7-8,11-12H,2,5-6,9-10H2,1H3,(H2,17,19,20,21). The minimum atomic E-state index is 0.230. The lowest BCUT2D eigenvalue weighted by Crippen LogP contribution is -2.20. The maximum absolute atomic E-state index is 5.60. The number of hydrogen-bond acceptors (Lipinski definition) is 7. The van der Waals surface area contributed by atoms with Crippen LogP contribution in [0.1, 0.15) is 19.8 Å². The first-order chi connectivity index (χ1) is 11.3. The second-order valence-electron chi connectivity index (χ2n) is 5.24. The molecule has 1 fully saturated rings. The fourth-order valence-electron chi connectivity index (χ4n) is 2.44. The van der Waals surface area contributed by atoms with E-state index in [2.05, 4.69) is 25.8 Å². The number of ether oxygens (including phenoxy) is 2. The van der Waals surface area contributed by atoms with Gasteiger partial charge in [-0.25, -0.2) is 0 Å². The molecule has 7 nitrogen and oxygen atoms in total. The molecule has 0 amide bonds. The number of aromatic nitrogens is 3. The molecule has 1 unspecified atom stereocenters. The second-order valence-corrected chi connectivity index (χ2v) is 5.24. The second kappa shape index (κ2) is 7.73. The molecule has 0 aliphatic carbocycles. The topological polar surface area (TPSA) is 81.2 Å². The highest BCUT2D eigenvalue weighted by Gasteiger charge is 2.15. The summed E-state index contributed by atoms with van der Waals surface area (Å²) in [6.45, 7) is 4.09. The lowest BCUT2D eigenvalue weighted by Gasteiger charge is -2.13. The summed E-state index contributed by atoms with van der Waals surface area (Å²) in [5.41, 5.74) is 0.847. The molecule has 0 saturated carbocycles. The zero-order chi connectivity index (χ0) is 15.9. The zero-order valence-electron chi connectivity index (χ0n) is 13.2. The van der Waals surface area contributed by atoms with Crippen LogP contribution in [-0.2, 0) is 4.74 Å². The van der Waals surface area contributed by atoms with E-state index in [0.717, 1.165) is 30.9 Å². The summed E-state index contributed by atoms with van der Waals surface area (Å²) < 4.78 is 11.2. The first kappa shape index (κ1) is 15.5. The Bertz CT molecular complexity index is 631. The van der Waals surface area contributed by atoms with Crippen LogP contribution in [0, 0.1) is 0 Å². The van der Waals surface area contributed by atoms with Gasteiger partial charge in [-0.1, -0.05) is 12.1 Å². The molecule has 0 spiro atoms. The highest BCUT2D eigenvalue weighted by atomic mass is 16.5. The molecule has 1 aliphatic heterocycles. The van der Waals surface area contributed by atoms with E-state index in [1.165, 1.54) is 0 Å². The van der Waals surface area contributed by atoms with Crippen LogP contribution in [0.25, 0.3) is 0 Å². The molecule has 122 valence electrons. The largest absolute Gasteiger partial charge is 0.492 e. The van der Waals surface area contributed by atoms with Crippen molar-refractivity contribution in [3.63, 3.8) is 0 Å². The van der Waals surface area contributed by atoms with Crippen LogP contribution in [0.2, 0.25) is 0 Å². The summed E-state index contributed by atoms with van der Waals surface area (Å²) in [6, 6.07) is 7.72. The Morgan fingerprint density at radius 1 is 1.35 bits per heavy atom. The van der Waals surface area contributed by atoms with Gasteiger partial charge in [0.25, 0.3) is 0 Å². The SMILES string of the molecule is CCOc1ccccc1Nc1cnnc(NCC2CCCO2)n1. The Hall–Kier alpha value is -2.41. The number of benzene rings is 1. The Morgan fingerprint density at radius 3 is 3.09 bits per heavy atom. The van der Waals surface area contributed by atoms with Gasteiger partial charge in [0.15, 0.2) is 5.82 Å². The van der Waals surface area contributed by atoms with Crippen LogP contribution in [0.5, 0.6) is 5.75 Å². The van der Waals surface area contributed by atoms with Crippen LogP contribution < -0.4 is 15.4 Å². The molecule has 3 rings (SSSR count). The van der Waals surface area contributed by atoms with Crippen LogP contribution in [-0.4, -0.2) is 41.0 Å². The van der Waals surface area contributed by atoms with Crippen LogP contribution in [0.15, 0.2) is 30.5 Å². The fraction of sp³-hybridized carbons (Fsp3) is 0.438. The third-order valence-corrected chi connectivity index (χ3v) is 3.52. The number of nitrogens with zero attached hydrogens (tertiary/aromatic N) is 3. The summed E-state index contributed by atoms with van der Waals surface area (Å²) >= 11 is 0. The average Bonchev–Trinajstić information content (AvgIpc) is 3.09. The van der Waals surface area contributed by atoms with Gasteiger partial charge in [0.05, 0.1) is 24.6 Å². The molecule has 2 aromatic rings. The van der Waals surface area contributed by atoms with Crippen molar-refractivity contribution in [2.75, 3.05) is 30.4 Å². The number of rotatable bonds is 7. The first-order valence-electron chi connectivity index (χ1n) is 7.89. The molecule has 1 aromatic carbocycles. The molecule has 0 bridgehead atoms. The smallest absolute Gasteiger partial charge is 0.244 e. The quantitative estimate of drug-likeness (QED) is 0.812. The Labute approximate surface area is 135 Å². The molecule has 2 heterocycles. The molecular weight excluding hydrogens is 294 g/mol. The van der Waals surface area contributed by atoms with Crippen molar-refractivity contribution < 1.29 is 9.47 Å². The van der Waals surface area contributed by atoms with Crippen molar-refractivity contribution in [2.45, 2.75) is 25.9 Å². The van der Waals surface area contributed by atoms with Gasteiger partial charge in [0.1, 0.15) is 5.75 Å². The third kappa shape index (κ3) is 4.29. The lowest BCUT2D eigenvalue weighted by atomic mass is 10.2. The predicted octanol–water partition coefficient (Wildman–Crippen LogP) is 2.60. The summed E-state index contributed by atoms with van der Waals surface area (Å²) in [6.07, 6.45) is 4.00. The van der Waals surface area contributed by atoms with Crippen molar-refractivity contribution in [3.8, 4) is 5.75 Å². The van der Waals surface area contributed by atoms with Crippen molar-refractivity contribution >= 4 is 17.5 Å². The summed E-state index contributed by atoms with van der Waals surface area (Å²) in [5, 5.41) is 14.4. The molecule has 1 aromatic heterocycles. The molecule has 0 radical (unpaired) electrons. The van der Waals surface area contributed by atoms with E-state index in [1.807, 2.05) is 31.2 Å². The van der Waals surface area contributed by atoms with E-state index in [-0.39, 0.29) is 6.10 Å². The molecule has 7 heteroatoms. The average molecular weight is 315 g/mol. The van der Waals surface area contributed by atoms with Gasteiger partial charge < -0.3 is 20.1 Å². The predicted molar refractivity (Wildman–Crippen MR) is 88.2 cm³/mol. The van der Waals surface area contributed by atoms with Crippen molar-refractivity contribution in [1.82, 2.24) is 15.2 Å². The molecule has 1 saturated heterocycles. The van der Waals surface area contributed by atoms with Crippen molar-refractivity contribution in [2.24, 2.45) is 0 Å². The van der Waals surface area contributed by atoms with Gasteiger partial charge in [0, 0.05) is 13.2 Å². The Morgan fingerprint density at radius 2 is 2.26 bits per heavy atom. The van der Waals surface area contributed by atoms with Crippen LogP contribution in [0.3, 0.4) is 0 Å². The number of anilines is 3. The molecule has 1 aliphatic rings. The minimum Gasteiger partial charge on any atom is -0.492 e. The molecule has 23 heavy (non-hydrogen) atoms. The Balaban J connectivity index is 1.65. The van der Waals surface area contributed by atoms with Gasteiger partial charge in [-0.15, -0.1) is 5.10 Å². The summed E-state index contributed by atoms with van der Waals surface area (Å²) in [4.78, 5) is 4.42. The number of hydrogen-bond donors (Lipinski definition) is 2. The van der Waals surface area contributed by atoms with Crippen LogP contribution in [0.4, 0.5) is 17.5 Å². The highest BCUT2D eigenvalue weighted by Crippen LogP contribution is 2.26. The van der Waals surface area contributed by atoms with Crippen molar-refractivity contribution in [3.05, 3.63) is 30.5 Å². The van der Waals surface area contributed by atoms with E-state index in [0.29, 0.717) is 24.9 Å². The fourth-order valence-corrected chi connectivity index (χ4v) is 2.44. The molecule has 2 N–H and O–H groups in total. The number of para-hydroxylation sites is 2. The Kier molecular flexibility index (Phi) is 5.21. The highest BCUT2D eigenvalue weighted by molar-refractivity contribution is 5.63. The maximum atomic E-state index is 5.60. The van der Waals surface area contributed by atoms with Gasteiger partial charge in [-0.2, -0.15) is 10.1 Å². The van der Waals surface area contributed by atoms with E-state index >= 15 is 0 Å². The number of nitrogens with one attached hydrogen (secondary N) is 2. The molecule has 1 atom stereocenters. The van der Waals surface area contributed by atoms with Gasteiger partial charge in [-0.05, 0) is 31.9 Å². The first-order valence-corrected chi connectivity index (χ1v) is 7.89. The van der Waals surface area contributed by atoms with E-state index in [9.17, 15) is 0 Å². The van der Waals surface area contributed by atoms with Crippen molar-refractivity contribution in [1.29, 1.82) is 0 Å².